The monoisotopic (exact) mass is 456 g/mol. The number of rotatable bonds is 10. The van der Waals surface area contributed by atoms with E-state index in [1.165, 1.54) is 11.3 Å². The van der Waals surface area contributed by atoms with Gasteiger partial charge in [0.2, 0.25) is 0 Å². The molecule has 0 fully saturated rings. The maximum atomic E-state index is 12.5. The first-order chi connectivity index (χ1) is 15.1. The van der Waals surface area contributed by atoms with E-state index in [1.807, 2.05) is 29.6 Å². The van der Waals surface area contributed by atoms with E-state index in [0.29, 0.717) is 34.1 Å². The number of hydrogen-bond acceptors (Lipinski definition) is 4. The summed E-state index contributed by atoms with van der Waals surface area (Å²) in [5.41, 5.74) is 1.96. The second kappa shape index (κ2) is 11.5. The summed E-state index contributed by atoms with van der Waals surface area (Å²) in [5.74, 6) is 0.388. The predicted molar refractivity (Wildman–Crippen MR) is 127 cm³/mol. The lowest BCUT2D eigenvalue weighted by atomic mass is 10.1. The number of amides is 2. The molecule has 0 aliphatic rings. The number of thiophene rings is 1. The average Bonchev–Trinajstić information content (AvgIpc) is 3.31. The molecule has 3 rings (SSSR count). The highest BCUT2D eigenvalue weighted by Crippen LogP contribution is 2.24. The van der Waals surface area contributed by atoms with Gasteiger partial charge in [-0.3, -0.25) is 9.59 Å². The summed E-state index contributed by atoms with van der Waals surface area (Å²) in [4.78, 5) is 25.4. The van der Waals surface area contributed by atoms with E-state index in [2.05, 4.69) is 17.6 Å². The van der Waals surface area contributed by atoms with E-state index in [4.69, 9.17) is 16.3 Å². The largest absolute Gasteiger partial charge is 0.494 e. The van der Waals surface area contributed by atoms with Crippen LogP contribution in [-0.2, 0) is 6.42 Å². The molecule has 7 heteroatoms. The minimum Gasteiger partial charge on any atom is -0.494 e. The SMILES string of the molecule is CCCCOc1ccc(CCNC(=O)c2ccc(Cl)c(NC(=O)c3cccs3)c2)cc1. The Morgan fingerprint density at radius 2 is 1.87 bits per heavy atom. The third-order valence-electron chi connectivity index (χ3n) is 4.61. The molecule has 2 N–H and O–H groups in total. The first-order valence-electron chi connectivity index (χ1n) is 10.2. The molecular formula is C24H25ClN2O3S. The zero-order valence-electron chi connectivity index (χ0n) is 17.3. The Bertz CT molecular complexity index is 1000. The van der Waals surface area contributed by atoms with E-state index in [1.54, 1.807) is 30.3 Å². The lowest BCUT2D eigenvalue weighted by Gasteiger charge is -2.10. The average molecular weight is 457 g/mol. The minimum atomic E-state index is -0.253. The van der Waals surface area contributed by atoms with Crippen LogP contribution in [0.15, 0.2) is 60.0 Å². The van der Waals surface area contributed by atoms with Gasteiger partial charge >= 0.3 is 0 Å². The normalized spacial score (nSPS) is 10.5. The van der Waals surface area contributed by atoms with Gasteiger partial charge in [0.05, 0.1) is 22.2 Å². The number of anilines is 1. The number of carbonyl (C=O) groups excluding carboxylic acids is 2. The van der Waals surface area contributed by atoms with Gasteiger partial charge in [-0.05, 0) is 60.2 Å². The molecular weight excluding hydrogens is 432 g/mol. The summed E-state index contributed by atoms with van der Waals surface area (Å²) in [6.07, 6.45) is 2.85. The zero-order chi connectivity index (χ0) is 22.1. The van der Waals surface area contributed by atoms with Crippen LogP contribution in [0.4, 0.5) is 5.69 Å². The zero-order valence-corrected chi connectivity index (χ0v) is 18.9. The highest BCUT2D eigenvalue weighted by Gasteiger charge is 2.13. The molecule has 162 valence electrons. The molecule has 0 unspecified atom stereocenters. The molecule has 5 nitrogen and oxygen atoms in total. The molecule has 0 saturated heterocycles. The first kappa shape index (κ1) is 22.8. The maximum absolute atomic E-state index is 12.5. The van der Waals surface area contributed by atoms with Crippen molar-refractivity contribution < 1.29 is 14.3 Å². The first-order valence-corrected chi connectivity index (χ1v) is 11.5. The van der Waals surface area contributed by atoms with Gasteiger partial charge in [-0.25, -0.2) is 0 Å². The Labute approximate surface area is 191 Å². The van der Waals surface area contributed by atoms with Crippen molar-refractivity contribution in [3.8, 4) is 5.75 Å². The van der Waals surface area contributed by atoms with Crippen LogP contribution < -0.4 is 15.4 Å². The van der Waals surface area contributed by atoms with Gasteiger partial charge in [0.15, 0.2) is 0 Å². The smallest absolute Gasteiger partial charge is 0.265 e. The van der Waals surface area contributed by atoms with Gasteiger partial charge in [-0.2, -0.15) is 0 Å². The Hall–Kier alpha value is -2.83. The van der Waals surface area contributed by atoms with Crippen LogP contribution >= 0.6 is 22.9 Å². The Balaban J connectivity index is 1.51. The second-order valence-electron chi connectivity index (χ2n) is 6.98. The predicted octanol–water partition coefficient (Wildman–Crippen LogP) is 5.81. The van der Waals surface area contributed by atoms with Gasteiger partial charge in [0, 0.05) is 12.1 Å². The molecule has 0 atom stereocenters. The highest BCUT2D eigenvalue weighted by molar-refractivity contribution is 7.12. The van der Waals surface area contributed by atoms with E-state index in [-0.39, 0.29) is 11.8 Å². The number of ether oxygens (including phenoxy) is 1. The summed E-state index contributed by atoms with van der Waals surface area (Å²) in [6.45, 7) is 3.35. The van der Waals surface area contributed by atoms with Gasteiger partial charge in [0.1, 0.15) is 5.75 Å². The van der Waals surface area contributed by atoms with E-state index in [0.717, 1.165) is 30.8 Å². The van der Waals surface area contributed by atoms with E-state index >= 15 is 0 Å². The topological polar surface area (TPSA) is 67.4 Å². The van der Waals surface area contributed by atoms with Gasteiger partial charge < -0.3 is 15.4 Å². The van der Waals surface area contributed by atoms with Crippen molar-refractivity contribution in [1.82, 2.24) is 5.32 Å². The van der Waals surface area contributed by atoms with Crippen molar-refractivity contribution in [1.29, 1.82) is 0 Å². The molecule has 0 spiro atoms. The standard InChI is InChI=1S/C24H25ClN2O3S/c1-2-3-14-30-19-9-6-17(7-10-19)12-13-26-23(28)18-8-11-20(25)21(16-18)27-24(29)22-5-4-15-31-22/h4-11,15-16H,2-3,12-14H2,1H3,(H,26,28)(H,27,29). The highest BCUT2D eigenvalue weighted by atomic mass is 35.5. The summed E-state index contributed by atoms with van der Waals surface area (Å²) in [6, 6.07) is 16.3. The van der Waals surface area contributed by atoms with Crippen molar-refractivity contribution in [2.75, 3.05) is 18.5 Å². The second-order valence-corrected chi connectivity index (χ2v) is 8.33. The number of halogens is 1. The summed E-state index contributed by atoms with van der Waals surface area (Å²) < 4.78 is 5.66. The van der Waals surface area contributed by atoms with Crippen LogP contribution in [-0.4, -0.2) is 25.0 Å². The number of hydrogen-bond donors (Lipinski definition) is 2. The molecule has 1 heterocycles. The molecule has 0 aliphatic heterocycles. The third-order valence-corrected chi connectivity index (χ3v) is 5.81. The Morgan fingerprint density at radius 3 is 2.58 bits per heavy atom. The number of nitrogens with one attached hydrogen (secondary N) is 2. The van der Waals surface area contributed by atoms with Crippen LogP contribution in [0.2, 0.25) is 5.02 Å². The molecule has 31 heavy (non-hydrogen) atoms. The Morgan fingerprint density at radius 1 is 1.06 bits per heavy atom. The fraction of sp³-hybridized carbons (Fsp3) is 0.250. The molecule has 3 aromatic rings. The van der Waals surface area contributed by atoms with Crippen LogP contribution in [0, 0.1) is 0 Å². The molecule has 0 radical (unpaired) electrons. The quantitative estimate of drug-likeness (QED) is 0.378. The molecule has 0 bridgehead atoms. The number of unbranched alkanes of at least 4 members (excludes halogenated alkanes) is 1. The van der Waals surface area contributed by atoms with Crippen molar-refractivity contribution >= 4 is 40.4 Å². The van der Waals surface area contributed by atoms with Crippen molar-refractivity contribution in [2.24, 2.45) is 0 Å². The number of benzene rings is 2. The molecule has 0 aliphatic carbocycles. The maximum Gasteiger partial charge on any atom is 0.265 e. The fourth-order valence-electron chi connectivity index (χ4n) is 2.86. The van der Waals surface area contributed by atoms with Crippen molar-refractivity contribution in [3.05, 3.63) is 81.0 Å². The summed E-state index contributed by atoms with van der Waals surface area (Å²) in [7, 11) is 0. The Kier molecular flexibility index (Phi) is 8.50. The van der Waals surface area contributed by atoms with Gasteiger partial charge in [-0.15, -0.1) is 11.3 Å². The van der Waals surface area contributed by atoms with Gasteiger partial charge in [-0.1, -0.05) is 43.1 Å². The molecule has 0 saturated carbocycles. The lowest BCUT2D eigenvalue weighted by molar-refractivity contribution is 0.0952. The fourth-order valence-corrected chi connectivity index (χ4v) is 3.65. The minimum absolute atomic E-state index is 0.220. The van der Waals surface area contributed by atoms with Crippen LogP contribution in [0.1, 0.15) is 45.4 Å². The molecule has 2 amide bonds. The van der Waals surface area contributed by atoms with E-state index < -0.39 is 0 Å². The van der Waals surface area contributed by atoms with Crippen molar-refractivity contribution in [2.45, 2.75) is 26.2 Å². The van der Waals surface area contributed by atoms with E-state index in [9.17, 15) is 9.59 Å². The lowest BCUT2D eigenvalue weighted by Crippen LogP contribution is -2.25. The number of carbonyl (C=O) groups is 2. The summed E-state index contributed by atoms with van der Waals surface area (Å²) >= 11 is 7.53. The third kappa shape index (κ3) is 6.84. The van der Waals surface area contributed by atoms with Gasteiger partial charge in [0.25, 0.3) is 11.8 Å². The molecule has 1 aromatic heterocycles. The van der Waals surface area contributed by atoms with Crippen molar-refractivity contribution in [3.63, 3.8) is 0 Å². The summed E-state index contributed by atoms with van der Waals surface area (Å²) in [5, 5.41) is 7.87. The van der Waals surface area contributed by atoms with Crippen LogP contribution in [0.3, 0.4) is 0 Å². The molecule has 2 aromatic carbocycles. The van der Waals surface area contributed by atoms with Crippen LogP contribution in [0.5, 0.6) is 5.75 Å². The van der Waals surface area contributed by atoms with Crippen LogP contribution in [0.25, 0.3) is 0 Å².